The summed E-state index contributed by atoms with van der Waals surface area (Å²) in [6.45, 7) is 0. The molecule has 0 fully saturated rings. The van der Waals surface area contributed by atoms with Crippen LogP contribution in [0.3, 0.4) is 0 Å². The number of ether oxygens (including phenoxy) is 2. The van der Waals surface area contributed by atoms with E-state index in [0.29, 0.717) is 23.1 Å². The van der Waals surface area contributed by atoms with E-state index in [4.69, 9.17) is 48.3 Å². The Balaban J connectivity index is 1.92. The van der Waals surface area contributed by atoms with Crippen LogP contribution < -0.4 is 19.3 Å². The molecule has 1 N–H and O–H groups in total. The summed E-state index contributed by atoms with van der Waals surface area (Å²) in [5.74, 6) is 2.33. The predicted molar refractivity (Wildman–Crippen MR) is 109 cm³/mol. The monoisotopic (exact) mass is 429 g/mol. The van der Waals surface area contributed by atoms with E-state index in [9.17, 15) is 0 Å². The minimum absolute atomic E-state index is 0.503. The molecule has 0 bridgehead atoms. The van der Waals surface area contributed by atoms with E-state index < -0.39 is 4.97 Å². The highest BCUT2D eigenvalue weighted by molar-refractivity contribution is 8.36. The van der Waals surface area contributed by atoms with Crippen molar-refractivity contribution in [2.45, 2.75) is 0 Å². The Morgan fingerprint density at radius 2 is 1.65 bits per heavy atom. The third-order valence-electron chi connectivity index (χ3n) is 3.47. The zero-order chi connectivity index (χ0) is 18.7. The maximum atomic E-state index is 5.77. The molecule has 136 valence electrons. The molecule has 1 heterocycles. The third kappa shape index (κ3) is 4.48. The zero-order valence-electron chi connectivity index (χ0n) is 13.8. The summed E-state index contributed by atoms with van der Waals surface area (Å²) >= 11 is 16.4. The fourth-order valence-corrected chi connectivity index (χ4v) is 3.44. The van der Waals surface area contributed by atoms with E-state index in [1.54, 1.807) is 32.4 Å². The smallest absolute Gasteiger partial charge is 0.289 e. The van der Waals surface area contributed by atoms with Crippen LogP contribution in [0, 0.1) is 0 Å². The number of aromatic nitrogens is 2. The average molecular weight is 430 g/mol. The topological polar surface area (TPSA) is 65.5 Å². The van der Waals surface area contributed by atoms with Crippen molar-refractivity contribution in [2.75, 3.05) is 19.5 Å². The molecule has 2 aromatic carbocycles. The van der Waals surface area contributed by atoms with Gasteiger partial charge in [-0.1, -0.05) is 0 Å². The number of hydrogen-bond donors (Lipinski definition) is 1. The summed E-state index contributed by atoms with van der Waals surface area (Å²) in [6, 6.07) is 10.7. The van der Waals surface area contributed by atoms with Crippen LogP contribution in [0.25, 0.3) is 10.9 Å². The number of nitrogens with zero attached hydrogens (tertiary/aromatic N) is 2. The maximum Gasteiger partial charge on any atom is 0.289 e. The lowest BCUT2D eigenvalue weighted by Gasteiger charge is -2.13. The number of anilines is 2. The maximum absolute atomic E-state index is 5.77. The van der Waals surface area contributed by atoms with Crippen molar-refractivity contribution in [1.82, 2.24) is 9.97 Å². The van der Waals surface area contributed by atoms with Crippen LogP contribution in [-0.4, -0.2) is 24.2 Å². The Hall–Kier alpha value is -1.79. The molecule has 26 heavy (non-hydrogen) atoms. The summed E-state index contributed by atoms with van der Waals surface area (Å²) in [6.07, 6.45) is 1.48. The van der Waals surface area contributed by atoms with E-state index in [2.05, 4.69) is 15.3 Å². The Kier molecular flexibility index (Phi) is 5.73. The number of methoxy groups -OCH3 is 2. The van der Waals surface area contributed by atoms with Crippen molar-refractivity contribution in [3.63, 3.8) is 0 Å². The van der Waals surface area contributed by atoms with Crippen LogP contribution in [0.1, 0.15) is 0 Å². The van der Waals surface area contributed by atoms with E-state index in [0.717, 1.165) is 16.6 Å². The predicted octanol–water partition coefficient (Wildman–Crippen LogP) is 5.47. The van der Waals surface area contributed by atoms with Crippen molar-refractivity contribution >= 4 is 61.7 Å². The highest BCUT2D eigenvalue weighted by Gasteiger charge is 2.12. The van der Waals surface area contributed by atoms with Gasteiger partial charge in [-0.05, 0) is 64.6 Å². The largest absolute Gasteiger partial charge is 0.493 e. The molecule has 0 radical (unpaired) electrons. The van der Waals surface area contributed by atoms with E-state index in [-0.39, 0.29) is 0 Å². The summed E-state index contributed by atoms with van der Waals surface area (Å²) in [5.41, 5.74) is 1.52. The van der Waals surface area contributed by atoms with Crippen molar-refractivity contribution < 1.29 is 14.0 Å². The number of hydrogen-bond acceptors (Lipinski definition) is 7. The van der Waals surface area contributed by atoms with Crippen LogP contribution in [0.2, 0.25) is 0 Å². The first-order chi connectivity index (χ1) is 12.4. The molecule has 0 aliphatic heterocycles. The molecule has 0 saturated carbocycles. The van der Waals surface area contributed by atoms with Gasteiger partial charge in [0.2, 0.25) is 0 Å². The SMILES string of the molecule is COc1cc2ncnc(Nc3ccc(OP(=S)(Cl)Cl)cc3)c2cc1OC. The van der Waals surface area contributed by atoms with Gasteiger partial charge in [0.05, 0.1) is 19.7 Å². The minimum Gasteiger partial charge on any atom is -0.493 e. The van der Waals surface area contributed by atoms with Gasteiger partial charge >= 0.3 is 0 Å². The van der Waals surface area contributed by atoms with Gasteiger partial charge in [-0.25, -0.2) is 9.97 Å². The number of rotatable bonds is 6. The molecule has 0 aliphatic rings. The van der Waals surface area contributed by atoms with Gasteiger partial charge in [0.15, 0.2) is 11.5 Å². The molecular formula is C16H14Cl2N3O3PS. The third-order valence-corrected chi connectivity index (χ3v) is 4.53. The van der Waals surface area contributed by atoms with Gasteiger partial charge in [0, 0.05) is 17.1 Å². The quantitative estimate of drug-likeness (QED) is 0.520. The fourth-order valence-electron chi connectivity index (χ4n) is 2.34. The second kappa shape index (κ2) is 7.84. The summed E-state index contributed by atoms with van der Waals surface area (Å²) in [5, 5.41) is 4.03. The molecule has 0 spiro atoms. The number of benzene rings is 2. The lowest BCUT2D eigenvalue weighted by Crippen LogP contribution is -1.98. The molecule has 3 rings (SSSR count). The van der Waals surface area contributed by atoms with Crippen molar-refractivity contribution in [2.24, 2.45) is 0 Å². The molecule has 0 aliphatic carbocycles. The molecule has 0 unspecified atom stereocenters. The first kappa shape index (κ1) is 19.0. The molecule has 0 amide bonds. The molecule has 3 aromatic rings. The molecular weight excluding hydrogens is 416 g/mol. The summed E-state index contributed by atoms with van der Waals surface area (Å²) in [7, 11) is 3.16. The van der Waals surface area contributed by atoms with Gasteiger partial charge < -0.3 is 19.3 Å². The highest BCUT2D eigenvalue weighted by Crippen LogP contribution is 2.57. The Morgan fingerprint density at radius 1 is 1.00 bits per heavy atom. The zero-order valence-corrected chi connectivity index (χ0v) is 17.0. The summed E-state index contributed by atoms with van der Waals surface area (Å²) in [4.78, 5) is 5.78. The molecule has 0 saturated heterocycles. The lowest BCUT2D eigenvalue weighted by molar-refractivity contribution is 0.356. The van der Waals surface area contributed by atoms with Crippen LogP contribution in [-0.2, 0) is 11.8 Å². The molecule has 0 atom stereocenters. The first-order valence-electron chi connectivity index (χ1n) is 7.32. The standard InChI is InChI=1S/C16H14Cl2N3O3PS/c1-22-14-7-12-13(8-15(14)23-2)19-9-20-16(12)21-10-3-5-11(6-4-10)24-25(17,18)26/h3-9H,1-2H3,(H,19,20,21). The lowest BCUT2D eigenvalue weighted by atomic mass is 10.2. The molecule has 1 aromatic heterocycles. The van der Waals surface area contributed by atoms with Crippen molar-refractivity contribution in [1.29, 1.82) is 0 Å². The van der Waals surface area contributed by atoms with Crippen LogP contribution in [0.15, 0.2) is 42.7 Å². The Morgan fingerprint density at radius 3 is 2.27 bits per heavy atom. The number of halogens is 2. The van der Waals surface area contributed by atoms with Crippen molar-refractivity contribution in [3.05, 3.63) is 42.7 Å². The first-order valence-corrected chi connectivity index (χ1v) is 11.9. The van der Waals surface area contributed by atoms with E-state index in [1.807, 2.05) is 18.2 Å². The average Bonchev–Trinajstić information content (AvgIpc) is 2.61. The second-order valence-corrected chi connectivity index (χ2v) is 12.2. The Bertz CT molecular complexity index is 982. The summed E-state index contributed by atoms with van der Waals surface area (Å²) < 4.78 is 16.0. The van der Waals surface area contributed by atoms with Gasteiger partial charge in [0.1, 0.15) is 17.9 Å². The Labute approximate surface area is 165 Å². The highest BCUT2D eigenvalue weighted by atomic mass is 35.9. The van der Waals surface area contributed by atoms with Crippen molar-refractivity contribution in [3.8, 4) is 17.2 Å². The van der Waals surface area contributed by atoms with Gasteiger partial charge in [-0.15, -0.1) is 0 Å². The van der Waals surface area contributed by atoms with E-state index in [1.165, 1.54) is 6.33 Å². The fraction of sp³-hybridized carbons (Fsp3) is 0.125. The minimum atomic E-state index is -2.81. The molecule has 6 nitrogen and oxygen atoms in total. The van der Waals surface area contributed by atoms with E-state index >= 15 is 0 Å². The normalized spacial score (nSPS) is 11.2. The second-order valence-electron chi connectivity index (χ2n) is 5.10. The van der Waals surface area contributed by atoms with Crippen LogP contribution in [0.5, 0.6) is 17.2 Å². The van der Waals surface area contributed by atoms with Gasteiger partial charge in [0.25, 0.3) is 4.97 Å². The van der Waals surface area contributed by atoms with Gasteiger partial charge in [-0.3, -0.25) is 0 Å². The number of nitrogens with one attached hydrogen (secondary N) is 1. The number of fused-ring (bicyclic) bond motifs is 1. The van der Waals surface area contributed by atoms with Crippen LogP contribution >= 0.6 is 27.5 Å². The molecule has 10 heteroatoms. The van der Waals surface area contributed by atoms with Crippen LogP contribution in [0.4, 0.5) is 11.5 Å². The van der Waals surface area contributed by atoms with Gasteiger partial charge in [-0.2, -0.15) is 0 Å².